The van der Waals surface area contributed by atoms with Gasteiger partial charge in [0.1, 0.15) is 0 Å². The number of aliphatic hydroxyl groups excluding tert-OH is 1. The fraction of sp³-hybridized carbons (Fsp3) is 0.333. The fourth-order valence-electron chi connectivity index (χ4n) is 1.65. The maximum Gasteiger partial charge on any atom is 0.181 e. The minimum absolute atomic E-state index is 0.629. The Morgan fingerprint density at radius 1 is 0.850 bits per heavy atom. The summed E-state index contributed by atoms with van der Waals surface area (Å²) in [7, 11) is 0. The van der Waals surface area contributed by atoms with E-state index < -0.39 is 6.29 Å². The molecule has 1 N–H and O–H groups in total. The average Bonchev–Trinajstić information content (AvgIpc) is 2.54. The van der Waals surface area contributed by atoms with Crippen LogP contribution in [0.3, 0.4) is 0 Å². The highest BCUT2D eigenvalue weighted by molar-refractivity contribution is 5.15. The zero-order chi connectivity index (χ0) is 14.5. The van der Waals surface area contributed by atoms with E-state index in [2.05, 4.69) is 6.92 Å². The lowest BCUT2D eigenvalue weighted by molar-refractivity contribution is -0.103. The van der Waals surface area contributed by atoms with E-state index >= 15 is 0 Å². The van der Waals surface area contributed by atoms with E-state index in [4.69, 9.17) is 4.74 Å². The largest absolute Gasteiger partial charge is 0.364 e. The smallest absolute Gasteiger partial charge is 0.181 e. The van der Waals surface area contributed by atoms with Crippen molar-refractivity contribution < 1.29 is 9.84 Å². The molecule has 0 radical (unpaired) electrons. The predicted molar refractivity (Wildman–Crippen MR) is 83.3 cm³/mol. The van der Waals surface area contributed by atoms with Crippen molar-refractivity contribution in [1.29, 1.82) is 0 Å². The maximum atomic E-state index is 9.60. The van der Waals surface area contributed by atoms with Gasteiger partial charge in [0.15, 0.2) is 6.29 Å². The Kier molecular flexibility index (Phi) is 9.20. The highest BCUT2D eigenvalue weighted by Gasteiger charge is 2.05. The molecule has 108 valence electrons. The molecule has 0 aromatic heterocycles. The van der Waals surface area contributed by atoms with E-state index in [1.54, 1.807) is 0 Å². The molecule has 2 nitrogen and oxygen atoms in total. The molecule has 1 unspecified atom stereocenters. The molecule has 20 heavy (non-hydrogen) atoms. The molecule has 2 rings (SSSR count). The van der Waals surface area contributed by atoms with Gasteiger partial charge in [0.05, 0.1) is 6.61 Å². The van der Waals surface area contributed by atoms with Crippen LogP contribution in [-0.2, 0) is 4.74 Å². The average molecular weight is 272 g/mol. The van der Waals surface area contributed by atoms with Crippen LogP contribution in [0.4, 0.5) is 0 Å². The van der Waals surface area contributed by atoms with Crippen molar-refractivity contribution in [2.24, 2.45) is 0 Å². The van der Waals surface area contributed by atoms with Crippen LogP contribution >= 0.6 is 0 Å². The Morgan fingerprint density at radius 3 is 1.85 bits per heavy atom. The third kappa shape index (κ3) is 7.72. The van der Waals surface area contributed by atoms with Crippen LogP contribution in [-0.4, -0.2) is 11.7 Å². The summed E-state index contributed by atoms with van der Waals surface area (Å²) in [5.74, 6) is 0. The van der Waals surface area contributed by atoms with Crippen LogP contribution in [0, 0.1) is 0 Å². The Labute approximate surface area is 122 Å². The molecule has 0 aliphatic rings. The van der Waals surface area contributed by atoms with Crippen molar-refractivity contribution in [2.75, 3.05) is 6.61 Å². The van der Waals surface area contributed by atoms with Gasteiger partial charge in [-0.05, 0) is 6.42 Å². The quantitative estimate of drug-likeness (QED) is 0.616. The molecule has 1 atom stereocenters. The molecule has 0 fully saturated rings. The zero-order valence-corrected chi connectivity index (χ0v) is 12.1. The Balaban J connectivity index is 0.000000276. The minimum atomic E-state index is -0.770. The number of unbranched alkanes of at least 4 members (excludes halogenated alkanes) is 2. The molecule has 0 saturated carbocycles. The van der Waals surface area contributed by atoms with Crippen LogP contribution in [0.2, 0.25) is 0 Å². The Bertz CT molecular complexity index is 387. The van der Waals surface area contributed by atoms with Gasteiger partial charge in [-0.15, -0.1) is 0 Å². The molecule has 0 spiro atoms. The first-order valence-corrected chi connectivity index (χ1v) is 7.19. The molecule has 0 amide bonds. The van der Waals surface area contributed by atoms with E-state index in [-0.39, 0.29) is 0 Å². The van der Waals surface area contributed by atoms with Crippen LogP contribution in [0.25, 0.3) is 0 Å². The van der Waals surface area contributed by atoms with Gasteiger partial charge < -0.3 is 9.84 Å². The van der Waals surface area contributed by atoms with Gasteiger partial charge in [-0.3, -0.25) is 0 Å². The standard InChI is InChI=1S/C12H18O2.C6H6/c1-2-3-7-10-14-12(13)11-8-5-4-6-9-11;1-2-4-6-5-3-1/h4-6,8-9,12-13H,2-3,7,10H2,1H3;1-6H. The van der Waals surface area contributed by atoms with Gasteiger partial charge in [-0.2, -0.15) is 0 Å². The molecule has 0 aliphatic carbocycles. The SMILES string of the molecule is CCCCCOC(O)c1ccccc1.c1ccccc1. The molecule has 2 heteroatoms. The van der Waals surface area contributed by atoms with Crippen LogP contribution in [0.1, 0.15) is 38.0 Å². The third-order valence-corrected chi connectivity index (χ3v) is 2.78. The van der Waals surface area contributed by atoms with Crippen molar-refractivity contribution >= 4 is 0 Å². The lowest BCUT2D eigenvalue weighted by Gasteiger charge is -2.11. The summed E-state index contributed by atoms with van der Waals surface area (Å²) in [5, 5.41) is 9.60. The van der Waals surface area contributed by atoms with Crippen LogP contribution < -0.4 is 0 Å². The molecular formula is C18H24O2. The van der Waals surface area contributed by atoms with Crippen LogP contribution in [0.15, 0.2) is 66.7 Å². The van der Waals surface area contributed by atoms with Crippen molar-refractivity contribution in [3.63, 3.8) is 0 Å². The highest BCUT2D eigenvalue weighted by atomic mass is 16.6. The summed E-state index contributed by atoms with van der Waals surface area (Å²) in [4.78, 5) is 0. The maximum absolute atomic E-state index is 9.60. The first-order chi connectivity index (χ1) is 9.84. The Morgan fingerprint density at radius 2 is 1.35 bits per heavy atom. The summed E-state index contributed by atoms with van der Waals surface area (Å²) in [5.41, 5.74) is 0.823. The number of hydrogen-bond donors (Lipinski definition) is 1. The molecule has 2 aromatic rings. The fourth-order valence-corrected chi connectivity index (χ4v) is 1.65. The summed E-state index contributed by atoms with van der Waals surface area (Å²) in [6.07, 6.45) is 2.57. The number of rotatable bonds is 6. The highest BCUT2D eigenvalue weighted by Crippen LogP contribution is 2.13. The first kappa shape index (κ1) is 16.4. The number of ether oxygens (including phenoxy) is 1. The minimum Gasteiger partial charge on any atom is -0.364 e. The predicted octanol–water partition coefficient (Wildman–Crippen LogP) is 4.57. The summed E-state index contributed by atoms with van der Waals surface area (Å²) >= 11 is 0. The van der Waals surface area contributed by atoms with E-state index in [9.17, 15) is 5.11 Å². The summed E-state index contributed by atoms with van der Waals surface area (Å²) in [6, 6.07) is 21.4. The molecule has 0 heterocycles. The lowest BCUT2D eigenvalue weighted by Crippen LogP contribution is -2.04. The van der Waals surface area contributed by atoms with Gasteiger partial charge >= 0.3 is 0 Å². The first-order valence-electron chi connectivity index (χ1n) is 7.19. The lowest BCUT2D eigenvalue weighted by atomic mass is 10.2. The topological polar surface area (TPSA) is 29.5 Å². The van der Waals surface area contributed by atoms with Gasteiger partial charge in [0.2, 0.25) is 0 Å². The molecular weight excluding hydrogens is 248 g/mol. The number of aliphatic hydroxyl groups is 1. The van der Waals surface area contributed by atoms with Crippen molar-refractivity contribution in [1.82, 2.24) is 0 Å². The molecule has 0 saturated heterocycles. The zero-order valence-electron chi connectivity index (χ0n) is 12.1. The third-order valence-electron chi connectivity index (χ3n) is 2.78. The Hall–Kier alpha value is -1.64. The number of benzene rings is 2. The van der Waals surface area contributed by atoms with Gasteiger partial charge in [0.25, 0.3) is 0 Å². The summed E-state index contributed by atoms with van der Waals surface area (Å²) in [6.45, 7) is 2.78. The van der Waals surface area contributed by atoms with Gasteiger partial charge in [-0.25, -0.2) is 0 Å². The second-order valence-corrected chi connectivity index (χ2v) is 4.50. The van der Waals surface area contributed by atoms with E-state index in [1.807, 2.05) is 66.7 Å². The normalized spacial score (nSPS) is 11.3. The second-order valence-electron chi connectivity index (χ2n) is 4.50. The van der Waals surface area contributed by atoms with E-state index in [1.165, 1.54) is 6.42 Å². The van der Waals surface area contributed by atoms with Crippen molar-refractivity contribution in [3.05, 3.63) is 72.3 Å². The van der Waals surface area contributed by atoms with Gasteiger partial charge in [-0.1, -0.05) is 86.5 Å². The van der Waals surface area contributed by atoms with E-state index in [0.29, 0.717) is 6.61 Å². The van der Waals surface area contributed by atoms with E-state index in [0.717, 1.165) is 18.4 Å². The van der Waals surface area contributed by atoms with Crippen LogP contribution in [0.5, 0.6) is 0 Å². The second kappa shape index (κ2) is 11.2. The van der Waals surface area contributed by atoms with Crippen molar-refractivity contribution in [2.45, 2.75) is 32.5 Å². The van der Waals surface area contributed by atoms with Crippen molar-refractivity contribution in [3.8, 4) is 0 Å². The monoisotopic (exact) mass is 272 g/mol. The molecule has 2 aromatic carbocycles. The molecule has 0 bridgehead atoms. The number of hydrogen-bond acceptors (Lipinski definition) is 2. The molecule has 0 aliphatic heterocycles. The summed E-state index contributed by atoms with van der Waals surface area (Å²) < 4.78 is 5.29. The van der Waals surface area contributed by atoms with Gasteiger partial charge in [0, 0.05) is 5.56 Å².